The fourth-order valence-corrected chi connectivity index (χ4v) is 4.57. The van der Waals surface area contributed by atoms with Gasteiger partial charge in [-0.25, -0.2) is 17.8 Å². The minimum Gasteiger partial charge on any atom is -0.284 e. The molecule has 154 valence electrons. The lowest BCUT2D eigenvalue weighted by molar-refractivity contribution is 0.0711. The number of hydrogen-bond acceptors (Lipinski definition) is 5. The minimum absolute atomic E-state index is 0.230. The van der Waals surface area contributed by atoms with Crippen molar-refractivity contribution in [3.05, 3.63) is 87.9 Å². The number of nitrogens with zero attached hydrogens (tertiary/aromatic N) is 2. The molecule has 6 nitrogen and oxygen atoms in total. The molecule has 1 amide bonds. The van der Waals surface area contributed by atoms with Gasteiger partial charge in [-0.05, 0) is 58.3 Å². The van der Waals surface area contributed by atoms with E-state index in [1.165, 1.54) is 34.5 Å². The van der Waals surface area contributed by atoms with Gasteiger partial charge in [-0.15, -0.1) is 0 Å². The zero-order chi connectivity index (χ0) is 21.3. The van der Waals surface area contributed by atoms with Crippen molar-refractivity contribution in [2.75, 3.05) is 11.0 Å². The summed E-state index contributed by atoms with van der Waals surface area (Å²) in [7, 11) is -3.36. The van der Waals surface area contributed by atoms with Crippen molar-refractivity contribution in [1.29, 1.82) is 0 Å². The van der Waals surface area contributed by atoms with Crippen LogP contribution in [0.15, 0.2) is 70.5 Å². The predicted molar refractivity (Wildman–Crippen MR) is 116 cm³/mol. The topological polar surface area (TPSA) is 78.8 Å². The minimum atomic E-state index is -3.36. The SMILES string of the molecule is CS(=O)(=O)Nc1ccc(C2=NN(C(=O)c3cccc(F)c3)C(c3ccsc3)C2)cc1. The number of hydrazone groups is 1. The van der Waals surface area contributed by atoms with E-state index in [4.69, 9.17) is 0 Å². The Morgan fingerprint density at radius 2 is 1.97 bits per heavy atom. The lowest BCUT2D eigenvalue weighted by Crippen LogP contribution is -2.26. The first-order valence-corrected chi connectivity index (χ1v) is 11.9. The van der Waals surface area contributed by atoms with Crippen LogP contribution in [0, 0.1) is 5.82 Å². The van der Waals surface area contributed by atoms with Gasteiger partial charge in [0.15, 0.2) is 0 Å². The second-order valence-corrected chi connectivity index (χ2v) is 9.46. The van der Waals surface area contributed by atoms with E-state index in [-0.39, 0.29) is 17.5 Å². The van der Waals surface area contributed by atoms with Gasteiger partial charge in [0, 0.05) is 17.7 Å². The second kappa shape index (κ2) is 8.00. The molecule has 2 heterocycles. The Bertz CT molecular complexity index is 1210. The molecule has 1 N–H and O–H groups in total. The smallest absolute Gasteiger partial charge is 0.274 e. The number of hydrogen-bond donors (Lipinski definition) is 1. The van der Waals surface area contributed by atoms with E-state index in [0.29, 0.717) is 17.8 Å². The van der Waals surface area contributed by atoms with E-state index in [1.807, 2.05) is 16.8 Å². The summed E-state index contributed by atoms with van der Waals surface area (Å²) in [6.07, 6.45) is 1.58. The molecule has 1 unspecified atom stereocenters. The van der Waals surface area contributed by atoms with Crippen LogP contribution in [0.3, 0.4) is 0 Å². The number of benzene rings is 2. The van der Waals surface area contributed by atoms with Gasteiger partial charge in [-0.2, -0.15) is 16.4 Å². The van der Waals surface area contributed by atoms with Crippen molar-refractivity contribution < 1.29 is 17.6 Å². The van der Waals surface area contributed by atoms with Crippen molar-refractivity contribution in [3.63, 3.8) is 0 Å². The number of anilines is 1. The summed E-state index contributed by atoms with van der Waals surface area (Å²) in [4.78, 5) is 13.1. The maximum Gasteiger partial charge on any atom is 0.274 e. The van der Waals surface area contributed by atoms with E-state index < -0.39 is 15.8 Å². The Labute approximate surface area is 177 Å². The molecule has 0 aliphatic carbocycles. The highest BCUT2D eigenvalue weighted by Crippen LogP contribution is 2.35. The van der Waals surface area contributed by atoms with E-state index in [2.05, 4.69) is 9.82 Å². The third-order valence-corrected chi connectivity index (χ3v) is 5.95. The molecule has 1 aliphatic heterocycles. The van der Waals surface area contributed by atoms with Gasteiger partial charge in [0.05, 0.1) is 18.0 Å². The van der Waals surface area contributed by atoms with E-state index in [1.54, 1.807) is 30.3 Å². The Morgan fingerprint density at radius 1 is 1.20 bits per heavy atom. The number of nitrogens with one attached hydrogen (secondary N) is 1. The van der Waals surface area contributed by atoms with Crippen molar-refractivity contribution >= 4 is 38.7 Å². The van der Waals surface area contributed by atoms with E-state index in [9.17, 15) is 17.6 Å². The lowest BCUT2D eigenvalue weighted by Gasteiger charge is -2.21. The van der Waals surface area contributed by atoms with Crippen molar-refractivity contribution in [1.82, 2.24) is 5.01 Å². The monoisotopic (exact) mass is 443 g/mol. The summed E-state index contributed by atoms with van der Waals surface area (Å²) < 4.78 is 38.8. The second-order valence-electron chi connectivity index (χ2n) is 6.93. The lowest BCUT2D eigenvalue weighted by atomic mass is 10.00. The van der Waals surface area contributed by atoms with Crippen LogP contribution in [0.4, 0.5) is 10.1 Å². The first kappa shape index (κ1) is 20.2. The maximum atomic E-state index is 13.6. The predicted octanol–water partition coefficient (Wildman–Crippen LogP) is 4.25. The Kier molecular flexibility index (Phi) is 5.40. The highest BCUT2D eigenvalue weighted by atomic mass is 32.2. The highest BCUT2D eigenvalue weighted by Gasteiger charge is 2.34. The summed E-state index contributed by atoms with van der Waals surface area (Å²) >= 11 is 1.53. The normalized spacial score (nSPS) is 16.4. The van der Waals surface area contributed by atoms with Crippen LogP contribution in [0.1, 0.15) is 33.9 Å². The number of amides is 1. The highest BCUT2D eigenvalue weighted by molar-refractivity contribution is 7.92. The summed E-state index contributed by atoms with van der Waals surface area (Å²) in [5.74, 6) is -0.860. The maximum absolute atomic E-state index is 13.6. The fraction of sp³-hybridized carbons (Fsp3) is 0.143. The van der Waals surface area contributed by atoms with Crippen molar-refractivity contribution in [2.45, 2.75) is 12.5 Å². The van der Waals surface area contributed by atoms with Crippen LogP contribution in [0.5, 0.6) is 0 Å². The van der Waals surface area contributed by atoms with Gasteiger partial charge < -0.3 is 0 Å². The Balaban J connectivity index is 1.66. The Hall–Kier alpha value is -3.04. The van der Waals surface area contributed by atoms with Gasteiger partial charge in [-0.1, -0.05) is 18.2 Å². The number of thiophene rings is 1. The molecule has 0 fully saturated rings. The summed E-state index contributed by atoms with van der Waals surface area (Å²) in [5, 5.41) is 9.85. The van der Waals surface area contributed by atoms with Crippen LogP contribution >= 0.6 is 11.3 Å². The van der Waals surface area contributed by atoms with Gasteiger partial charge >= 0.3 is 0 Å². The fourth-order valence-electron chi connectivity index (χ4n) is 3.29. The van der Waals surface area contributed by atoms with Crippen molar-refractivity contribution in [3.8, 4) is 0 Å². The molecule has 30 heavy (non-hydrogen) atoms. The van der Waals surface area contributed by atoms with Crippen LogP contribution in [0.25, 0.3) is 0 Å². The molecule has 0 saturated carbocycles. The van der Waals surface area contributed by atoms with E-state index in [0.717, 1.165) is 17.4 Å². The van der Waals surface area contributed by atoms with Gasteiger partial charge in [0.1, 0.15) is 5.82 Å². The molecule has 0 bridgehead atoms. The molecular formula is C21H18FN3O3S2. The Morgan fingerprint density at radius 3 is 2.60 bits per heavy atom. The van der Waals surface area contributed by atoms with Gasteiger partial charge in [0.25, 0.3) is 5.91 Å². The molecule has 0 spiro atoms. The molecule has 0 radical (unpaired) electrons. The zero-order valence-corrected chi connectivity index (χ0v) is 17.6. The standard InChI is InChI=1S/C21H18FN3O3S2/c1-30(27,28)24-18-7-5-14(6-8-18)19-12-20(16-9-10-29-13-16)25(23-19)21(26)15-3-2-4-17(22)11-15/h2-11,13,20,24H,12H2,1H3. The number of carbonyl (C=O) groups is 1. The molecule has 4 rings (SSSR count). The summed E-state index contributed by atoms with van der Waals surface area (Å²) in [5.41, 5.74) is 3.11. The molecule has 0 saturated heterocycles. The molecule has 1 aliphatic rings. The number of sulfonamides is 1. The molecule has 3 aromatic rings. The number of rotatable bonds is 5. The largest absolute Gasteiger partial charge is 0.284 e. The average molecular weight is 444 g/mol. The number of halogens is 1. The van der Waals surface area contributed by atoms with Crippen LogP contribution in [-0.4, -0.2) is 31.3 Å². The quantitative estimate of drug-likeness (QED) is 0.640. The molecule has 1 aromatic heterocycles. The average Bonchev–Trinajstić information content (AvgIpc) is 3.36. The third-order valence-electron chi connectivity index (χ3n) is 4.64. The molecule has 1 atom stereocenters. The molecular weight excluding hydrogens is 425 g/mol. The van der Waals surface area contributed by atoms with E-state index >= 15 is 0 Å². The summed E-state index contributed by atoms with van der Waals surface area (Å²) in [6, 6.07) is 14.0. The zero-order valence-electron chi connectivity index (χ0n) is 15.9. The summed E-state index contributed by atoms with van der Waals surface area (Å²) in [6.45, 7) is 0. The van der Waals surface area contributed by atoms with Crippen LogP contribution < -0.4 is 4.72 Å². The first-order valence-electron chi connectivity index (χ1n) is 9.07. The molecule has 9 heteroatoms. The van der Waals surface area contributed by atoms with Gasteiger partial charge in [-0.3, -0.25) is 9.52 Å². The van der Waals surface area contributed by atoms with Gasteiger partial charge in [0.2, 0.25) is 10.0 Å². The van der Waals surface area contributed by atoms with Crippen LogP contribution in [0.2, 0.25) is 0 Å². The van der Waals surface area contributed by atoms with Crippen LogP contribution in [-0.2, 0) is 10.0 Å². The number of carbonyl (C=O) groups excluding carboxylic acids is 1. The molecule has 2 aromatic carbocycles. The third kappa shape index (κ3) is 4.42. The first-order chi connectivity index (χ1) is 14.3. The van der Waals surface area contributed by atoms with Crippen molar-refractivity contribution in [2.24, 2.45) is 5.10 Å².